The molecule has 2 heterocycles. The molecule has 2 saturated heterocycles. The fourth-order valence-corrected chi connectivity index (χ4v) is 3.26. The van der Waals surface area contributed by atoms with Gasteiger partial charge in [-0.05, 0) is 52.7 Å². The third kappa shape index (κ3) is 4.42. The van der Waals surface area contributed by atoms with Gasteiger partial charge in [-0.1, -0.05) is 0 Å². The maximum atomic E-state index is 10.4. The molecular formula is C15H31N3O. The first kappa shape index (κ1) is 15.2. The number of aliphatic hydroxyl groups is 1. The van der Waals surface area contributed by atoms with Crippen molar-refractivity contribution in [2.75, 3.05) is 52.9 Å². The highest BCUT2D eigenvalue weighted by Gasteiger charge is 2.28. The number of aliphatic hydroxyl groups excluding tert-OH is 1. The van der Waals surface area contributed by atoms with E-state index in [4.69, 9.17) is 0 Å². The molecule has 0 aromatic heterocycles. The first-order valence-electron chi connectivity index (χ1n) is 7.89. The van der Waals surface area contributed by atoms with E-state index in [0.29, 0.717) is 12.0 Å². The Bertz CT molecular complexity index is 256. The number of piperazine rings is 1. The van der Waals surface area contributed by atoms with Crippen molar-refractivity contribution in [1.82, 2.24) is 14.7 Å². The van der Waals surface area contributed by atoms with Crippen LogP contribution in [0.3, 0.4) is 0 Å². The molecular weight excluding hydrogens is 238 g/mol. The van der Waals surface area contributed by atoms with E-state index in [1.807, 2.05) is 0 Å². The van der Waals surface area contributed by atoms with E-state index >= 15 is 0 Å². The maximum Gasteiger partial charge on any atom is 0.0696 e. The van der Waals surface area contributed by atoms with Gasteiger partial charge in [-0.25, -0.2) is 0 Å². The Labute approximate surface area is 118 Å². The highest BCUT2D eigenvalue weighted by atomic mass is 16.3. The van der Waals surface area contributed by atoms with E-state index in [0.717, 1.165) is 58.7 Å². The number of likely N-dealkylation sites (N-methyl/N-ethyl adjacent to an activating group) is 1. The lowest BCUT2D eigenvalue weighted by Gasteiger charge is -2.39. The van der Waals surface area contributed by atoms with Gasteiger partial charge in [0.15, 0.2) is 0 Å². The van der Waals surface area contributed by atoms with Crippen LogP contribution in [0, 0.1) is 5.92 Å². The Kier molecular flexibility index (Phi) is 5.63. The molecule has 0 aromatic carbocycles. The van der Waals surface area contributed by atoms with Gasteiger partial charge in [-0.3, -0.25) is 4.90 Å². The summed E-state index contributed by atoms with van der Waals surface area (Å²) in [5, 5.41) is 10.4. The van der Waals surface area contributed by atoms with Gasteiger partial charge in [0.25, 0.3) is 0 Å². The van der Waals surface area contributed by atoms with Gasteiger partial charge in [0.05, 0.1) is 6.10 Å². The van der Waals surface area contributed by atoms with Crippen LogP contribution in [0.1, 0.15) is 26.7 Å². The molecule has 2 rings (SSSR count). The smallest absolute Gasteiger partial charge is 0.0696 e. The molecule has 0 amide bonds. The third-order valence-corrected chi connectivity index (χ3v) is 4.89. The maximum absolute atomic E-state index is 10.4. The molecule has 1 atom stereocenters. The molecule has 0 aliphatic carbocycles. The van der Waals surface area contributed by atoms with Gasteiger partial charge < -0.3 is 14.9 Å². The van der Waals surface area contributed by atoms with E-state index in [1.165, 1.54) is 0 Å². The largest absolute Gasteiger partial charge is 0.392 e. The quantitative estimate of drug-likeness (QED) is 0.814. The molecule has 0 saturated carbocycles. The van der Waals surface area contributed by atoms with Crippen molar-refractivity contribution in [2.45, 2.75) is 38.8 Å². The topological polar surface area (TPSA) is 30.0 Å². The van der Waals surface area contributed by atoms with Crippen LogP contribution in [0.2, 0.25) is 0 Å². The minimum absolute atomic E-state index is 0.127. The Morgan fingerprint density at radius 3 is 2.11 bits per heavy atom. The van der Waals surface area contributed by atoms with Crippen LogP contribution < -0.4 is 0 Å². The minimum Gasteiger partial charge on any atom is -0.392 e. The lowest BCUT2D eigenvalue weighted by atomic mass is 9.90. The predicted molar refractivity (Wildman–Crippen MR) is 79.4 cm³/mol. The molecule has 19 heavy (non-hydrogen) atoms. The van der Waals surface area contributed by atoms with E-state index in [1.54, 1.807) is 0 Å². The fraction of sp³-hybridized carbons (Fsp3) is 1.00. The molecule has 1 N–H and O–H groups in total. The van der Waals surface area contributed by atoms with Crippen LogP contribution in [0.25, 0.3) is 0 Å². The van der Waals surface area contributed by atoms with Crippen LogP contribution >= 0.6 is 0 Å². The van der Waals surface area contributed by atoms with Crippen molar-refractivity contribution in [3.8, 4) is 0 Å². The summed E-state index contributed by atoms with van der Waals surface area (Å²) < 4.78 is 0. The molecule has 1 unspecified atom stereocenters. The first-order valence-corrected chi connectivity index (χ1v) is 7.89. The second kappa shape index (κ2) is 7.02. The number of hydrogen-bond acceptors (Lipinski definition) is 4. The normalized spacial score (nSPS) is 27.0. The summed E-state index contributed by atoms with van der Waals surface area (Å²) in [6.45, 7) is 12.2. The van der Waals surface area contributed by atoms with Crippen molar-refractivity contribution >= 4 is 0 Å². The zero-order chi connectivity index (χ0) is 13.8. The third-order valence-electron chi connectivity index (χ3n) is 4.89. The Hall–Kier alpha value is -0.160. The predicted octanol–water partition coefficient (Wildman–Crippen LogP) is 0.715. The molecule has 2 aliphatic heterocycles. The summed E-state index contributed by atoms with van der Waals surface area (Å²) in [7, 11) is 2.18. The van der Waals surface area contributed by atoms with Crippen LogP contribution in [0.5, 0.6) is 0 Å². The zero-order valence-electron chi connectivity index (χ0n) is 12.9. The molecule has 112 valence electrons. The lowest BCUT2D eigenvalue weighted by molar-refractivity contribution is 0.0159. The number of likely N-dealkylation sites (tertiary alicyclic amines) is 1. The highest BCUT2D eigenvalue weighted by Crippen LogP contribution is 2.22. The van der Waals surface area contributed by atoms with Gasteiger partial charge in [0, 0.05) is 38.8 Å². The van der Waals surface area contributed by atoms with E-state index in [9.17, 15) is 5.11 Å². The second-order valence-electron chi connectivity index (χ2n) is 6.64. The lowest BCUT2D eigenvalue weighted by Crippen LogP contribution is -2.49. The van der Waals surface area contributed by atoms with Crippen molar-refractivity contribution in [3.05, 3.63) is 0 Å². The fourth-order valence-electron chi connectivity index (χ4n) is 3.26. The van der Waals surface area contributed by atoms with Crippen LogP contribution in [-0.2, 0) is 0 Å². The average molecular weight is 269 g/mol. The Morgan fingerprint density at radius 1 is 1.00 bits per heavy atom. The van der Waals surface area contributed by atoms with Crippen LogP contribution in [0.4, 0.5) is 0 Å². The molecule has 0 aromatic rings. The van der Waals surface area contributed by atoms with Crippen molar-refractivity contribution < 1.29 is 5.11 Å². The monoisotopic (exact) mass is 269 g/mol. The summed E-state index contributed by atoms with van der Waals surface area (Å²) >= 11 is 0. The van der Waals surface area contributed by atoms with Gasteiger partial charge in [0.2, 0.25) is 0 Å². The van der Waals surface area contributed by atoms with E-state index in [2.05, 4.69) is 35.6 Å². The number of piperidine rings is 1. The highest BCUT2D eigenvalue weighted by molar-refractivity contribution is 4.82. The van der Waals surface area contributed by atoms with Gasteiger partial charge in [-0.2, -0.15) is 0 Å². The first-order chi connectivity index (χ1) is 9.06. The SMILES string of the molecule is CC(C)N1CCC(C(O)CN2CCN(C)CC2)CC1. The number of β-amino-alcohol motifs (C(OH)–C–C–N with tert-alkyl or cyclic N) is 1. The minimum atomic E-state index is -0.127. The number of nitrogens with zero attached hydrogens (tertiary/aromatic N) is 3. The molecule has 0 bridgehead atoms. The Morgan fingerprint density at radius 2 is 1.58 bits per heavy atom. The van der Waals surface area contributed by atoms with Crippen molar-refractivity contribution in [2.24, 2.45) is 5.92 Å². The molecule has 0 radical (unpaired) electrons. The van der Waals surface area contributed by atoms with E-state index in [-0.39, 0.29) is 6.10 Å². The summed E-state index contributed by atoms with van der Waals surface area (Å²) in [6.07, 6.45) is 2.19. The summed E-state index contributed by atoms with van der Waals surface area (Å²) in [4.78, 5) is 7.32. The van der Waals surface area contributed by atoms with Crippen LogP contribution in [0.15, 0.2) is 0 Å². The van der Waals surface area contributed by atoms with Gasteiger partial charge in [-0.15, -0.1) is 0 Å². The van der Waals surface area contributed by atoms with E-state index < -0.39 is 0 Å². The van der Waals surface area contributed by atoms with Crippen LogP contribution in [-0.4, -0.2) is 84.8 Å². The summed E-state index contributed by atoms with van der Waals surface area (Å²) in [6, 6.07) is 0.649. The molecule has 4 nitrogen and oxygen atoms in total. The Balaban J connectivity index is 1.71. The van der Waals surface area contributed by atoms with Crippen molar-refractivity contribution in [3.63, 3.8) is 0 Å². The summed E-state index contributed by atoms with van der Waals surface area (Å²) in [5.74, 6) is 0.509. The standard InChI is InChI=1S/C15H31N3O/c1-13(2)18-6-4-14(5-7-18)15(19)12-17-10-8-16(3)9-11-17/h13-15,19H,4-12H2,1-3H3. The second-order valence-corrected chi connectivity index (χ2v) is 6.64. The molecule has 2 fully saturated rings. The molecule has 4 heteroatoms. The average Bonchev–Trinajstić information content (AvgIpc) is 2.41. The van der Waals surface area contributed by atoms with Gasteiger partial charge >= 0.3 is 0 Å². The summed E-state index contributed by atoms with van der Waals surface area (Å²) in [5.41, 5.74) is 0. The van der Waals surface area contributed by atoms with Crippen molar-refractivity contribution in [1.29, 1.82) is 0 Å². The zero-order valence-corrected chi connectivity index (χ0v) is 12.9. The van der Waals surface area contributed by atoms with Gasteiger partial charge in [0.1, 0.15) is 0 Å². The number of hydrogen-bond donors (Lipinski definition) is 1. The number of rotatable bonds is 4. The molecule has 0 spiro atoms. The molecule has 2 aliphatic rings.